The third kappa shape index (κ3) is 5.40. The van der Waals surface area contributed by atoms with E-state index in [1.165, 1.54) is 0 Å². The van der Waals surface area contributed by atoms with Gasteiger partial charge in [-0.1, -0.05) is 0 Å². The Bertz CT molecular complexity index is 473. The molecule has 3 N–H and O–H groups in total. The van der Waals surface area contributed by atoms with Gasteiger partial charge in [-0.15, -0.1) is 12.4 Å². The number of hydrogen-bond donors (Lipinski definition) is 2. The monoisotopic (exact) mass is 283 g/mol. The summed E-state index contributed by atoms with van der Waals surface area (Å²) < 4.78 is 38.4. The van der Waals surface area contributed by atoms with Crippen molar-refractivity contribution < 1.29 is 12.8 Å². The van der Waals surface area contributed by atoms with Gasteiger partial charge >= 0.3 is 0 Å². The molecule has 1 aromatic heterocycles. The molecule has 1 aromatic rings. The van der Waals surface area contributed by atoms with Crippen molar-refractivity contribution >= 4 is 22.4 Å². The van der Waals surface area contributed by atoms with Crippen LogP contribution < -0.4 is 10.5 Å². The van der Waals surface area contributed by atoms with E-state index >= 15 is 0 Å². The fourth-order valence-corrected chi connectivity index (χ4v) is 2.10. The molecular formula is C9H15ClFN3O2S. The topological polar surface area (TPSA) is 85.1 Å². The SMILES string of the molecule is CC(C)(N)CNS(=O)(=O)c1cncc(F)c1.Cl. The number of sulfonamides is 1. The van der Waals surface area contributed by atoms with Gasteiger partial charge in [-0.25, -0.2) is 17.5 Å². The summed E-state index contributed by atoms with van der Waals surface area (Å²) in [6.07, 6.45) is 2.01. The average molecular weight is 284 g/mol. The number of nitrogens with one attached hydrogen (secondary N) is 1. The lowest BCUT2D eigenvalue weighted by molar-refractivity contribution is 0.497. The van der Waals surface area contributed by atoms with Crippen LogP contribution >= 0.6 is 12.4 Å². The molecule has 0 aliphatic heterocycles. The van der Waals surface area contributed by atoms with Gasteiger partial charge in [0.15, 0.2) is 0 Å². The Morgan fingerprint density at radius 2 is 2.06 bits per heavy atom. The molecule has 8 heteroatoms. The number of hydrogen-bond acceptors (Lipinski definition) is 4. The van der Waals surface area contributed by atoms with Crippen LogP contribution in [0, 0.1) is 5.82 Å². The average Bonchev–Trinajstić information content (AvgIpc) is 2.14. The molecule has 0 unspecified atom stereocenters. The highest BCUT2D eigenvalue weighted by Gasteiger charge is 2.19. The van der Waals surface area contributed by atoms with Crippen molar-refractivity contribution in [1.29, 1.82) is 0 Å². The van der Waals surface area contributed by atoms with E-state index in [0.717, 1.165) is 18.5 Å². The second-order valence-electron chi connectivity index (χ2n) is 4.15. The van der Waals surface area contributed by atoms with Crippen LogP contribution in [0.15, 0.2) is 23.4 Å². The molecule has 0 saturated heterocycles. The molecule has 0 aliphatic rings. The number of pyridine rings is 1. The maximum absolute atomic E-state index is 12.8. The largest absolute Gasteiger partial charge is 0.324 e. The normalized spacial score (nSPS) is 12.0. The number of rotatable bonds is 4. The van der Waals surface area contributed by atoms with Gasteiger partial charge in [0.2, 0.25) is 10.0 Å². The molecule has 17 heavy (non-hydrogen) atoms. The summed E-state index contributed by atoms with van der Waals surface area (Å²) in [4.78, 5) is 3.26. The highest BCUT2D eigenvalue weighted by atomic mass is 35.5. The first kappa shape index (κ1) is 16.2. The molecule has 0 fully saturated rings. The van der Waals surface area contributed by atoms with E-state index in [9.17, 15) is 12.8 Å². The van der Waals surface area contributed by atoms with Crippen LogP contribution in [0.3, 0.4) is 0 Å². The third-order valence-corrected chi connectivity index (χ3v) is 3.08. The molecule has 0 aliphatic carbocycles. The summed E-state index contributed by atoms with van der Waals surface area (Å²) in [6.45, 7) is 3.42. The molecule has 0 saturated carbocycles. The summed E-state index contributed by atoms with van der Waals surface area (Å²) >= 11 is 0. The zero-order valence-corrected chi connectivity index (χ0v) is 11.1. The minimum Gasteiger partial charge on any atom is -0.324 e. The minimum atomic E-state index is -3.75. The molecule has 0 aromatic carbocycles. The van der Waals surface area contributed by atoms with Gasteiger partial charge < -0.3 is 5.73 Å². The van der Waals surface area contributed by atoms with Crippen molar-refractivity contribution in [1.82, 2.24) is 9.71 Å². The lowest BCUT2D eigenvalue weighted by Crippen LogP contribution is -2.45. The van der Waals surface area contributed by atoms with Crippen molar-refractivity contribution in [3.05, 3.63) is 24.3 Å². The minimum absolute atomic E-state index is 0. The fourth-order valence-electron chi connectivity index (χ4n) is 0.904. The highest BCUT2D eigenvalue weighted by Crippen LogP contribution is 2.08. The maximum Gasteiger partial charge on any atom is 0.242 e. The van der Waals surface area contributed by atoms with E-state index in [0.29, 0.717) is 0 Å². The molecule has 0 amide bonds. The van der Waals surface area contributed by atoms with Crippen molar-refractivity contribution in [3.8, 4) is 0 Å². The second kappa shape index (κ2) is 5.72. The lowest BCUT2D eigenvalue weighted by Gasteiger charge is -2.18. The molecule has 98 valence electrons. The van der Waals surface area contributed by atoms with Gasteiger partial charge in [0.05, 0.1) is 6.20 Å². The Morgan fingerprint density at radius 1 is 1.47 bits per heavy atom. The summed E-state index contributed by atoms with van der Waals surface area (Å²) in [5.74, 6) is -0.699. The predicted octanol–water partition coefficient (Wildman–Crippen LogP) is 0.658. The molecule has 5 nitrogen and oxygen atoms in total. The van der Waals surface area contributed by atoms with Crippen LogP contribution in [0.1, 0.15) is 13.8 Å². The van der Waals surface area contributed by atoms with Crippen molar-refractivity contribution in [2.75, 3.05) is 6.54 Å². The predicted molar refractivity (Wildman–Crippen MR) is 64.9 cm³/mol. The van der Waals surface area contributed by atoms with Gasteiger partial charge in [0.25, 0.3) is 0 Å². The van der Waals surface area contributed by atoms with Crippen molar-refractivity contribution in [3.63, 3.8) is 0 Å². The Morgan fingerprint density at radius 3 is 2.53 bits per heavy atom. The zero-order chi connectivity index (χ0) is 12.4. The highest BCUT2D eigenvalue weighted by molar-refractivity contribution is 7.89. The van der Waals surface area contributed by atoms with Crippen LogP contribution in [0.2, 0.25) is 0 Å². The molecule has 0 spiro atoms. The van der Waals surface area contributed by atoms with Crippen LogP contribution in [0.4, 0.5) is 4.39 Å². The third-order valence-electron chi connectivity index (χ3n) is 1.71. The van der Waals surface area contributed by atoms with Gasteiger partial charge in [-0.2, -0.15) is 0 Å². The molecule has 0 atom stereocenters. The van der Waals surface area contributed by atoms with Gasteiger partial charge in [0, 0.05) is 18.3 Å². The van der Waals surface area contributed by atoms with Gasteiger partial charge in [0.1, 0.15) is 10.7 Å². The van der Waals surface area contributed by atoms with Gasteiger partial charge in [-0.3, -0.25) is 4.98 Å². The second-order valence-corrected chi connectivity index (χ2v) is 5.92. The molecule has 1 heterocycles. The maximum atomic E-state index is 12.8. The number of halogens is 2. The van der Waals surface area contributed by atoms with Crippen LogP contribution in [0.5, 0.6) is 0 Å². The fraction of sp³-hybridized carbons (Fsp3) is 0.444. The quantitative estimate of drug-likeness (QED) is 0.850. The Kier molecular flexibility index (Phi) is 5.47. The Hall–Kier alpha value is -0.760. The van der Waals surface area contributed by atoms with E-state index in [1.807, 2.05) is 0 Å². The van der Waals surface area contributed by atoms with E-state index in [-0.39, 0.29) is 23.8 Å². The van der Waals surface area contributed by atoms with Gasteiger partial charge in [-0.05, 0) is 19.9 Å². The molecule has 0 radical (unpaired) electrons. The number of aromatic nitrogens is 1. The number of nitrogens with two attached hydrogens (primary N) is 1. The van der Waals surface area contributed by atoms with Crippen LogP contribution in [-0.2, 0) is 10.0 Å². The number of nitrogens with zero attached hydrogens (tertiary/aromatic N) is 1. The Balaban J connectivity index is 0.00000256. The van der Waals surface area contributed by atoms with Crippen molar-refractivity contribution in [2.45, 2.75) is 24.3 Å². The smallest absolute Gasteiger partial charge is 0.242 e. The van der Waals surface area contributed by atoms with E-state index in [1.54, 1.807) is 13.8 Å². The van der Waals surface area contributed by atoms with E-state index in [4.69, 9.17) is 5.73 Å². The molecular weight excluding hydrogens is 269 g/mol. The first-order chi connectivity index (χ1) is 7.21. The van der Waals surface area contributed by atoms with Crippen molar-refractivity contribution in [2.24, 2.45) is 5.73 Å². The molecule has 1 rings (SSSR count). The van der Waals surface area contributed by atoms with Crippen LogP contribution in [0.25, 0.3) is 0 Å². The van der Waals surface area contributed by atoms with Crippen LogP contribution in [-0.4, -0.2) is 25.5 Å². The summed E-state index contributed by atoms with van der Waals surface area (Å²) in [5.41, 5.74) is 4.96. The lowest BCUT2D eigenvalue weighted by atomic mass is 10.1. The van der Waals surface area contributed by atoms with E-state index in [2.05, 4.69) is 9.71 Å². The standard InChI is InChI=1S/C9H14FN3O2S.ClH/c1-9(2,11)6-13-16(14,15)8-3-7(10)4-12-5-8;/h3-5,13H,6,11H2,1-2H3;1H. The summed E-state index contributed by atoms with van der Waals surface area (Å²) in [7, 11) is -3.75. The Labute approximate surface area is 106 Å². The molecule has 0 bridgehead atoms. The summed E-state index contributed by atoms with van der Waals surface area (Å²) in [5, 5.41) is 0. The first-order valence-electron chi connectivity index (χ1n) is 4.60. The first-order valence-corrected chi connectivity index (χ1v) is 6.08. The van der Waals surface area contributed by atoms with E-state index < -0.39 is 21.4 Å². The zero-order valence-electron chi connectivity index (χ0n) is 9.47. The summed E-state index contributed by atoms with van der Waals surface area (Å²) in [6, 6.07) is 0.902.